The van der Waals surface area contributed by atoms with Gasteiger partial charge in [0.2, 0.25) is 0 Å². The molecule has 0 saturated carbocycles. The van der Waals surface area contributed by atoms with E-state index in [9.17, 15) is 14.0 Å². The number of carbonyl (C=O) groups excluding carboxylic acids is 1. The molecule has 2 N–H and O–H groups in total. The Morgan fingerprint density at radius 2 is 2.10 bits per heavy atom. The molecule has 0 aliphatic carbocycles. The number of hydrogen-bond donors (Lipinski definition) is 2. The van der Waals surface area contributed by atoms with Crippen LogP contribution in [0.1, 0.15) is 12.8 Å². The van der Waals surface area contributed by atoms with E-state index in [-0.39, 0.29) is 17.9 Å². The van der Waals surface area contributed by atoms with Crippen molar-refractivity contribution >= 4 is 17.6 Å². The lowest BCUT2D eigenvalue weighted by molar-refractivity contribution is -0.150. The SMILES string of the molecule is COc1ccc(NC(=O)[C@@H]2CC[C@H](C(=O)O)O2)cc1F. The van der Waals surface area contributed by atoms with E-state index in [1.165, 1.54) is 19.2 Å². The molecule has 1 aromatic carbocycles. The maximum atomic E-state index is 13.5. The lowest BCUT2D eigenvalue weighted by Crippen LogP contribution is -2.29. The van der Waals surface area contributed by atoms with Crippen molar-refractivity contribution in [3.63, 3.8) is 0 Å². The Kier molecular flexibility index (Phi) is 4.19. The summed E-state index contributed by atoms with van der Waals surface area (Å²) in [5.41, 5.74) is 0.260. The molecule has 0 aromatic heterocycles. The fourth-order valence-electron chi connectivity index (χ4n) is 1.98. The first-order valence-corrected chi connectivity index (χ1v) is 6.04. The van der Waals surface area contributed by atoms with Gasteiger partial charge in [0.1, 0.15) is 6.10 Å². The highest BCUT2D eigenvalue weighted by Gasteiger charge is 2.34. The Labute approximate surface area is 114 Å². The number of carboxylic acids is 1. The third-order valence-corrected chi connectivity index (χ3v) is 3.01. The van der Waals surface area contributed by atoms with Crippen LogP contribution >= 0.6 is 0 Å². The number of aliphatic carboxylic acids is 1. The average Bonchev–Trinajstić information content (AvgIpc) is 2.88. The molecule has 6 nitrogen and oxygen atoms in total. The first kappa shape index (κ1) is 14.3. The van der Waals surface area contributed by atoms with E-state index in [0.717, 1.165) is 6.07 Å². The van der Waals surface area contributed by atoms with Crippen LogP contribution < -0.4 is 10.1 Å². The number of amides is 1. The molecule has 1 fully saturated rings. The smallest absolute Gasteiger partial charge is 0.332 e. The molecular formula is C13H14FNO5. The molecular weight excluding hydrogens is 269 g/mol. The summed E-state index contributed by atoms with van der Waals surface area (Å²) in [7, 11) is 1.34. The van der Waals surface area contributed by atoms with Gasteiger partial charge in [-0.2, -0.15) is 0 Å². The van der Waals surface area contributed by atoms with Crippen LogP contribution in [0.5, 0.6) is 5.75 Å². The van der Waals surface area contributed by atoms with Gasteiger partial charge in [0.15, 0.2) is 17.7 Å². The molecule has 1 amide bonds. The fourth-order valence-corrected chi connectivity index (χ4v) is 1.98. The van der Waals surface area contributed by atoms with E-state index < -0.39 is 29.9 Å². The van der Waals surface area contributed by atoms with Gasteiger partial charge in [0, 0.05) is 11.8 Å². The van der Waals surface area contributed by atoms with Gasteiger partial charge in [0.25, 0.3) is 5.91 Å². The molecule has 0 radical (unpaired) electrons. The van der Waals surface area contributed by atoms with Crippen molar-refractivity contribution in [1.29, 1.82) is 0 Å². The number of methoxy groups -OCH3 is 1. The second-order valence-corrected chi connectivity index (χ2v) is 4.37. The minimum Gasteiger partial charge on any atom is -0.494 e. The first-order valence-electron chi connectivity index (χ1n) is 6.04. The average molecular weight is 283 g/mol. The molecule has 20 heavy (non-hydrogen) atoms. The van der Waals surface area contributed by atoms with Gasteiger partial charge in [-0.05, 0) is 25.0 Å². The Bertz CT molecular complexity index is 533. The number of nitrogens with one attached hydrogen (secondary N) is 1. The van der Waals surface area contributed by atoms with Crippen molar-refractivity contribution in [3.05, 3.63) is 24.0 Å². The predicted molar refractivity (Wildman–Crippen MR) is 67.1 cm³/mol. The molecule has 0 spiro atoms. The van der Waals surface area contributed by atoms with Crippen molar-refractivity contribution < 1.29 is 28.6 Å². The molecule has 1 saturated heterocycles. The number of benzene rings is 1. The third kappa shape index (κ3) is 3.05. The van der Waals surface area contributed by atoms with Gasteiger partial charge in [-0.25, -0.2) is 9.18 Å². The Morgan fingerprint density at radius 3 is 2.65 bits per heavy atom. The highest BCUT2D eigenvalue weighted by Crippen LogP contribution is 2.23. The summed E-state index contributed by atoms with van der Waals surface area (Å²) in [6, 6.07) is 4.00. The largest absolute Gasteiger partial charge is 0.494 e. The zero-order valence-corrected chi connectivity index (χ0v) is 10.8. The zero-order valence-electron chi connectivity index (χ0n) is 10.8. The second-order valence-electron chi connectivity index (χ2n) is 4.37. The topological polar surface area (TPSA) is 84.9 Å². The van der Waals surface area contributed by atoms with Gasteiger partial charge in [0.05, 0.1) is 7.11 Å². The summed E-state index contributed by atoms with van der Waals surface area (Å²) in [5, 5.41) is 11.3. The number of rotatable bonds is 4. The third-order valence-electron chi connectivity index (χ3n) is 3.01. The molecule has 1 aliphatic rings. The van der Waals surface area contributed by atoms with Crippen molar-refractivity contribution in [2.24, 2.45) is 0 Å². The first-order chi connectivity index (χ1) is 9.51. The Balaban J connectivity index is 1.98. The lowest BCUT2D eigenvalue weighted by atomic mass is 10.2. The highest BCUT2D eigenvalue weighted by atomic mass is 19.1. The van der Waals surface area contributed by atoms with Gasteiger partial charge in [-0.15, -0.1) is 0 Å². The number of halogens is 1. The van der Waals surface area contributed by atoms with E-state index in [0.29, 0.717) is 6.42 Å². The number of carbonyl (C=O) groups is 2. The second kappa shape index (κ2) is 5.87. The van der Waals surface area contributed by atoms with Gasteiger partial charge < -0.3 is 19.9 Å². The molecule has 2 rings (SSSR count). The standard InChI is InChI=1S/C13H14FNO5/c1-19-9-3-2-7(6-8(9)14)15-12(16)10-4-5-11(20-10)13(17)18/h2-3,6,10-11H,4-5H2,1H3,(H,15,16)(H,17,18)/t10-,11+/m0/s1. The van der Waals surface area contributed by atoms with Crippen LogP contribution in [0.3, 0.4) is 0 Å². The molecule has 7 heteroatoms. The fraction of sp³-hybridized carbons (Fsp3) is 0.385. The van der Waals surface area contributed by atoms with Gasteiger partial charge in [-0.1, -0.05) is 0 Å². The minimum absolute atomic E-state index is 0.0751. The maximum absolute atomic E-state index is 13.5. The summed E-state index contributed by atoms with van der Waals surface area (Å²) in [6.07, 6.45) is -1.19. The number of anilines is 1. The van der Waals surface area contributed by atoms with Gasteiger partial charge in [-0.3, -0.25) is 4.79 Å². The molecule has 1 aliphatic heterocycles. The Hall–Kier alpha value is -2.15. The van der Waals surface area contributed by atoms with Crippen LogP contribution in [0.15, 0.2) is 18.2 Å². The van der Waals surface area contributed by atoms with Crippen LogP contribution in [0.25, 0.3) is 0 Å². The van der Waals surface area contributed by atoms with E-state index >= 15 is 0 Å². The minimum atomic E-state index is -1.09. The number of ether oxygens (including phenoxy) is 2. The lowest BCUT2D eigenvalue weighted by Gasteiger charge is -2.12. The molecule has 0 bridgehead atoms. The highest BCUT2D eigenvalue weighted by molar-refractivity contribution is 5.94. The van der Waals surface area contributed by atoms with E-state index in [4.69, 9.17) is 14.6 Å². The van der Waals surface area contributed by atoms with E-state index in [2.05, 4.69) is 5.32 Å². The van der Waals surface area contributed by atoms with Crippen LogP contribution in [0.4, 0.5) is 10.1 Å². The number of carboxylic acid groups (broad SMARTS) is 1. The van der Waals surface area contributed by atoms with Crippen molar-refractivity contribution in [3.8, 4) is 5.75 Å². The quantitative estimate of drug-likeness (QED) is 0.872. The monoisotopic (exact) mass is 283 g/mol. The Morgan fingerprint density at radius 1 is 1.40 bits per heavy atom. The van der Waals surface area contributed by atoms with Crippen LogP contribution in [-0.4, -0.2) is 36.3 Å². The summed E-state index contributed by atoms with van der Waals surface area (Å²) >= 11 is 0. The van der Waals surface area contributed by atoms with Crippen molar-refractivity contribution in [2.45, 2.75) is 25.0 Å². The van der Waals surface area contributed by atoms with Crippen LogP contribution in [0, 0.1) is 5.82 Å². The molecule has 0 unspecified atom stereocenters. The van der Waals surface area contributed by atoms with E-state index in [1.54, 1.807) is 0 Å². The molecule has 2 atom stereocenters. The van der Waals surface area contributed by atoms with Gasteiger partial charge >= 0.3 is 5.97 Å². The van der Waals surface area contributed by atoms with Crippen molar-refractivity contribution in [1.82, 2.24) is 0 Å². The molecule has 108 valence electrons. The summed E-state index contributed by atoms with van der Waals surface area (Å²) in [6.45, 7) is 0. The maximum Gasteiger partial charge on any atom is 0.332 e. The molecule has 1 heterocycles. The zero-order chi connectivity index (χ0) is 14.7. The normalized spacial score (nSPS) is 21.5. The number of hydrogen-bond acceptors (Lipinski definition) is 4. The van der Waals surface area contributed by atoms with Crippen LogP contribution in [0.2, 0.25) is 0 Å². The van der Waals surface area contributed by atoms with E-state index in [1.807, 2.05) is 0 Å². The van der Waals surface area contributed by atoms with Crippen LogP contribution in [-0.2, 0) is 14.3 Å². The summed E-state index contributed by atoms with van der Waals surface area (Å²) in [5.74, 6) is -2.10. The summed E-state index contributed by atoms with van der Waals surface area (Å²) < 4.78 is 23.3. The summed E-state index contributed by atoms with van der Waals surface area (Å²) in [4.78, 5) is 22.6. The van der Waals surface area contributed by atoms with Crippen molar-refractivity contribution in [2.75, 3.05) is 12.4 Å². The predicted octanol–water partition coefficient (Wildman–Crippen LogP) is 1.40. The molecule has 1 aromatic rings.